The van der Waals surface area contributed by atoms with Crippen LogP contribution in [0.2, 0.25) is 0 Å². The molecule has 0 bridgehead atoms. The van der Waals surface area contributed by atoms with Crippen molar-refractivity contribution in [2.45, 2.75) is 13.3 Å². The quantitative estimate of drug-likeness (QED) is 0.618. The van der Waals surface area contributed by atoms with Crippen molar-refractivity contribution in [3.63, 3.8) is 0 Å². The predicted octanol–water partition coefficient (Wildman–Crippen LogP) is 3.88. The van der Waals surface area contributed by atoms with Crippen LogP contribution in [0.15, 0.2) is 59.1 Å². The number of thiazole rings is 1. The first-order chi connectivity index (χ1) is 12.5. The Labute approximate surface area is 163 Å². The zero-order valence-electron chi connectivity index (χ0n) is 14.0. The number of amides is 2. The van der Waals surface area contributed by atoms with E-state index in [1.54, 1.807) is 6.92 Å². The first-order valence-electron chi connectivity index (χ1n) is 7.89. The number of rotatable bonds is 4. The molecule has 0 radical (unpaired) electrons. The highest BCUT2D eigenvalue weighted by Gasteiger charge is 2.16. The zero-order chi connectivity index (χ0) is 18.5. The second-order valence-electron chi connectivity index (χ2n) is 5.61. The zero-order valence-corrected chi connectivity index (χ0v) is 16.4. The van der Waals surface area contributed by atoms with Gasteiger partial charge in [-0.15, -0.1) is 11.3 Å². The van der Waals surface area contributed by atoms with Crippen LogP contribution in [-0.4, -0.2) is 16.8 Å². The van der Waals surface area contributed by atoms with E-state index in [1.165, 1.54) is 11.3 Å². The molecule has 2 N–H and O–H groups in total. The van der Waals surface area contributed by atoms with Crippen molar-refractivity contribution in [2.24, 2.45) is 0 Å². The topological polar surface area (TPSA) is 71.1 Å². The standard InChI is InChI=1S/C19H16BrN3O2S/c1-12-17(26-19(21-12)14-5-3-2-4-6-14)18(25)23-22-16(24)11-13-7-9-15(20)10-8-13/h2-10H,11H2,1H3,(H,22,24)(H,23,25). The SMILES string of the molecule is Cc1nc(-c2ccccc2)sc1C(=O)NNC(=O)Cc1ccc(Br)cc1. The lowest BCUT2D eigenvalue weighted by molar-refractivity contribution is -0.121. The van der Waals surface area contributed by atoms with Crippen molar-refractivity contribution in [3.05, 3.63) is 75.2 Å². The van der Waals surface area contributed by atoms with Gasteiger partial charge in [0.05, 0.1) is 12.1 Å². The van der Waals surface area contributed by atoms with Crippen molar-refractivity contribution >= 4 is 39.1 Å². The van der Waals surface area contributed by atoms with Gasteiger partial charge in [-0.2, -0.15) is 0 Å². The fourth-order valence-electron chi connectivity index (χ4n) is 2.33. The summed E-state index contributed by atoms with van der Waals surface area (Å²) < 4.78 is 0.949. The van der Waals surface area contributed by atoms with Gasteiger partial charge in [-0.3, -0.25) is 20.4 Å². The van der Waals surface area contributed by atoms with Gasteiger partial charge in [-0.05, 0) is 24.6 Å². The van der Waals surface area contributed by atoms with E-state index in [9.17, 15) is 9.59 Å². The third kappa shape index (κ3) is 4.56. The maximum Gasteiger partial charge on any atom is 0.281 e. The molecule has 1 aromatic heterocycles. The number of aromatic nitrogens is 1. The van der Waals surface area contributed by atoms with Crippen LogP contribution in [0.4, 0.5) is 0 Å². The monoisotopic (exact) mass is 429 g/mol. The Hall–Kier alpha value is -2.51. The van der Waals surface area contributed by atoms with Crippen molar-refractivity contribution < 1.29 is 9.59 Å². The van der Waals surface area contributed by atoms with Gasteiger partial charge in [0.1, 0.15) is 9.88 Å². The molecule has 7 heteroatoms. The molecule has 0 saturated heterocycles. The Kier molecular flexibility index (Phi) is 5.80. The second-order valence-corrected chi connectivity index (χ2v) is 7.52. The fraction of sp³-hybridized carbons (Fsp3) is 0.105. The number of carbonyl (C=O) groups is 2. The number of hydrazine groups is 1. The van der Waals surface area contributed by atoms with Crippen molar-refractivity contribution in [2.75, 3.05) is 0 Å². The van der Waals surface area contributed by atoms with Gasteiger partial charge in [-0.25, -0.2) is 4.98 Å². The van der Waals surface area contributed by atoms with Crippen LogP contribution in [0.25, 0.3) is 10.6 Å². The molecule has 132 valence electrons. The molecule has 26 heavy (non-hydrogen) atoms. The summed E-state index contributed by atoms with van der Waals surface area (Å²) >= 11 is 4.65. The summed E-state index contributed by atoms with van der Waals surface area (Å²) in [4.78, 5) is 29.3. The molecule has 5 nitrogen and oxygen atoms in total. The number of aryl methyl sites for hydroxylation is 1. The maximum atomic E-state index is 12.4. The molecule has 2 aromatic carbocycles. The molecular formula is C19H16BrN3O2S. The van der Waals surface area contributed by atoms with E-state index in [-0.39, 0.29) is 18.2 Å². The molecule has 0 saturated carbocycles. The molecule has 0 atom stereocenters. The molecule has 0 aliphatic carbocycles. The highest BCUT2D eigenvalue weighted by molar-refractivity contribution is 9.10. The van der Waals surface area contributed by atoms with E-state index < -0.39 is 0 Å². The van der Waals surface area contributed by atoms with Gasteiger partial charge in [0.25, 0.3) is 5.91 Å². The van der Waals surface area contributed by atoms with E-state index in [4.69, 9.17) is 0 Å². The van der Waals surface area contributed by atoms with Crippen LogP contribution in [0.3, 0.4) is 0 Å². The second kappa shape index (κ2) is 8.25. The van der Waals surface area contributed by atoms with Crippen LogP contribution in [0, 0.1) is 6.92 Å². The van der Waals surface area contributed by atoms with Crippen LogP contribution < -0.4 is 10.9 Å². The van der Waals surface area contributed by atoms with Crippen molar-refractivity contribution in [1.29, 1.82) is 0 Å². The third-order valence-electron chi connectivity index (χ3n) is 3.62. The Morgan fingerprint density at radius 3 is 2.42 bits per heavy atom. The summed E-state index contributed by atoms with van der Waals surface area (Å²) in [6, 6.07) is 17.1. The molecule has 3 aromatic rings. The summed E-state index contributed by atoms with van der Waals surface area (Å²) in [5, 5.41) is 0.773. The van der Waals surface area contributed by atoms with E-state index in [0.717, 1.165) is 20.6 Å². The average Bonchev–Trinajstić information content (AvgIpc) is 3.04. The molecule has 0 unspecified atom stereocenters. The molecule has 1 heterocycles. The number of hydrogen-bond acceptors (Lipinski definition) is 4. The molecule has 0 aliphatic heterocycles. The molecule has 0 spiro atoms. The fourth-order valence-corrected chi connectivity index (χ4v) is 3.56. The molecule has 0 fully saturated rings. The minimum absolute atomic E-state index is 0.185. The van der Waals surface area contributed by atoms with Crippen molar-refractivity contribution in [1.82, 2.24) is 15.8 Å². The highest BCUT2D eigenvalue weighted by Crippen LogP contribution is 2.27. The highest BCUT2D eigenvalue weighted by atomic mass is 79.9. The van der Waals surface area contributed by atoms with E-state index >= 15 is 0 Å². The molecular weight excluding hydrogens is 414 g/mol. The van der Waals surface area contributed by atoms with Crippen LogP contribution in [-0.2, 0) is 11.2 Å². The van der Waals surface area contributed by atoms with Gasteiger partial charge in [0.2, 0.25) is 5.91 Å². The first-order valence-corrected chi connectivity index (χ1v) is 9.50. The summed E-state index contributed by atoms with van der Waals surface area (Å²) in [7, 11) is 0. The van der Waals surface area contributed by atoms with Crippen LogP contribution >= 0.6 is 27.3 Å². The Bertz CT molecular complexity index is 924. The largest absolute Gasteiger partial charge is 0.281 e. The number of nitrogens with zero attached hydrogens (tertiary/aromatic N) is 1. The summed E-state index contributed by atoms with van der Waals surface area (Å²) in [5.41, 5.74) is 7.36. The number of hydrogen-bond donors (Lipinski definition) is 2. The third-order valence-corrected chi connectivity index (χ3v) is 5.35. The number of carbonyl (C=O) groups excluding carboxylic acids is 2. The van der Waals surface area contributed by atoms with Crippen LogP contribution in [0.1, 0.15) is 20.9 Å². The molecule has 3 rings (SSSR count). The minimum atomic E-state index is -0.369. The lowest BCUT2D eigenvalue weighted by atomic mass is 10.1. The van der Waals surface area contributed by atoms with E-state index in [1.807, 2.05) is 54.6 Å². The average molecular weight is 430 g/mol. The Balaban J connectivity index is 1.60. The first kappa shape index (κ1) is 18.3. The summed E-state index contributed by atoms with van der Waals surface area (Å²) in [6.45, 7) is 1.78. The van der Waals surface area contributed by atoms with Crippen molar-refractivity contribution in [3.8, 4) is 10.6 Å². The number of halogens is 1. The van der Waals surface area contributed by atoms with E-state index in [0.29, 0.717) is 10.6 Å². The normalized spacial score (nSPS) is 10.4. The minimum Gasteiger partial charge on any atom is -0.273 e. The predicted molar refractivity (Wildman–Crippen MR) is 106 cm³/mol. The maximum absolute atomic E-state index is 12.4. The Morgan fingerprint density at radius 1 is 1.04 bits per heavy atom. The van der Waals surface area contributed by atoms with Gasteiger partial charge in [-0.1, -0.05) is 58.4 Å². The summed E-state index contributed by atoms with van der Waals surface area (Å²) in [6.07, 6.45) is 0.185. The molecule has 0 aliphatic rings. The lowest BCUT2D eigenvalue weighted by Gasteiger charge is -2.06. The van der Waals surface area contributed by atoms with E-state index in [2.05, 4.69) is 31.8 Å². The smallest absolute Gasteiger partial charge is 0.273 e. The number of nitrogens with one attached hydrogen (secondary N) is 2. The van der Waals surface area contributed by atoms with Gasteiger partial charge in [0.15, 0.2) is 0 Å². The number of benzene rings is 2. The lowest BCUT2D eigenvalue weighted by Crippen LogP contribution is -2.42. The van der Waals surface area contributed by atoms with Gasteiger partial charge in [0, 0.05) is 10.0 Å². The van der Waals surface area contributed by atoms with Gasteiger partial charge < -0.3 is 0 Å². The van der Waals surface area contributed by atoms with Crippen LogP contribution in [0.5, 0.6) is 0 Å². The molecule has 2 amide bonds. The Morgan fingerprint density at radius 2 is 1.73 bits per heavy atom. The summed E-state index contributed by atoms with van der Waals surface area (Å²) in [5.74, 6) is -0.655. The van der Waals surface area contributed by atoms with Gasteiger partial charge >= 0.3 is 0 Å².